The molecule has 0 spiro atoms. The number of amides is 3. The van der Waals surface area contributed by atoms with E-state index in [-0.39, 0.29) is 92.2 Å². The van der Waals surface area contributed by atoms with Crippen molar-refractivity contribution in [2.75, 3.05) is 32.5 Å². The molecule has 3 aliphatic rings. The molecular weight excluding hydrogens is 1380 g/mol. The summed E-state index contributed by atoms with van der Waals surface area (Å²) in [6, 6.07) is 20.9. The Morgan fingerprint density at radius 2 is 0.812 bits per heavy atom. The molecular formula is C62H71F10N17O11S. The third-order valence-corrected chi connectivity index (χ3v) is 16.9. The predicted molar refractivity (Wildman–Crippen MR) is 336 cm³/mol. The van der Waals surface area contributed by atoms with Gasteiger partial charge in [0.05, 0.1) is 77.5 Å². The summed E-state index contributed by atoms with van der Waals surface area (Å²) in [5.41, 5.74) is -6.88. The summed E-state index contributed by atoms with van der Waals surface area (Å²) < 4.78 is 133. The second-order valence-corrected chi connectivity index (χ2v) is 24.3. The molecule has 0 saturated carbocycles. The average Bonchev–Trinajstić information content (AvgIpc) is 1.72. The first-order valence-electron chi connectivity index (χ1n) is 30.8. The van der Waals surface area contributed by atoms with Gasteiger partial charge in [0.1, 0.15) is 0 Å². The topological polar surface area (TPSA) is 373 Å². The van der Waals surface area contributed by atoms with E-state index in [0.717, 1.165) is 12.8 Å². The lowest BCUT2D eigenvalue weighted by Crippen LogP contribution is -2.49. The number of aliphatic hydroxyl groups is 4. The molecule has 8 aromatic rings. The number of carbonyl (C=O) groups excluding carboxylic acids is 3. The van der Waals surface area contributed by atoms with Crippen molar-refractivity contribution in [3.63, 3.8) is 0 Å². The van der Waals surface area contributed by atoms with E-state index in [1.807, 2.05) is 39.0 Å². The number of carboxylic acids is 1. The first-order valence-corrected chi connectivity index (χ1v) is 32.0. The van der Waals surface area contributed by atoms with Crippen molar-refractivity contribution in [2.45, 2.75) is 145 Å². The van der Waals surface area contributed by atoms with Crippen LogP contribution in [-0.4, -0.2) is 210 Å². The number of carbonyl (C=O) groups is 4. The van der Waals surface area contributed by atoms with Crippen molar-refractivity contribution in [1.29, 1.82) is 5.41 Å². The number of piperidine rings is 3. The highest BCUT2D eigenvalue weighted by atomic mass is 32.2. The number of hydrogen-bond acceptors (Lipinski definition) is 22. The van der Waals surface area contributed by atoms with Crippen molar-refractivity contribution in [3.05, 3.63) is 150 Å². The summed E-state index contributed by atoms with van der Waals surface area (Å²) in [5.74, 6) is -5.68. The van der Waals surface area contributed by atoms with Crippen LogP contribution in [0, 0.1) is 11.3 Å². The van der Waals surface area contributed by atoms with Crippen LogP contribution in [0.4, 0.5) is 43.4 Å². The zero-order valence-corrected chi connectivity index (χ0v) is 55.8. The second kappa shape index (κ2) is 32.8. The summed E-state index contributed by atoms with van der Waals surface area (Å²) in [4.78, 5) is 66.4. The normalized spacial score (nSPS) is 20.5. The van der Waals surface area contributed by atoms with Gasteiger partial charge >= 0.3 is 24.5 Å². The van der Waals surface area contributed by atoms with Crippen molar-refractivity contribution in [2.24, 2.45) is 5.92 Å². The van der Waals surface area contributed by atoms with Gasteiger partial charge in [0.25, 0.3) is 35.1 Å². The minimum atomic E-state index is -5.13. The first kappa shape index (κ1) is 78.7. The molecule has 8 heterocycles. The van der Waals surface area contributed by atoms with E-state index in [0.29, 0.717) is 85.5 Å². The van der Waals surface area contributed by atoms with E-state index in [9.17, 15) is 77.9 Å². The number of likely N-dealkylation sites (tertiary alicyclic amines) is 3. The lowest BCUT2D eigenvalue weighted by Gasteiger charge is -2.38. The summed E-state index contributed by atoms with van der Waals surface area (Å²) in [6.45, 7) is 7.70. The number of hydrogen-bond donors (Lipinski definition) is 6. The van der Waals surface area contributed by atoms with Crippen LogP contribution in [0.3, 0.4) is 0 Å². The van der Waals surface area contributed by atoms with Crippen molar-refractivity contribution >= 4 is 41.6 Å². The van der Waals surface area contributed by atoms with Gasteiger partial charge in [-0.1, -0.05) is 46.7 Å². The highest BCUT2D eigenvalue weighted by Gasteiger charge is 2.58. The molecule has 11 rings (SSSR count). The van der Waals surface area contributed by atoms with Gasteiger partial charge in [-0.15, -0.1) is 0 Å². The van der Waals surface area contributed by atoms with Gasteiger partial charge in [0.15, 0.2) is 11.6 Å². The van der Waals surface area contributed by atoms with E-state index in [1.54, 1.807) is 81.7 Å². The van der Waals surface area contributed by atoms with Gasteiger partial charge < -0.3 is 54.7 Å². The molecule has 3 aromatic carbocycles. The number of carboxylic acid groups (broad SMARTS) is 1. The largest absolute Gasteiger partial charge is 0.479 e. The molecule has 28 nitrogen and oxygen atoms in total. The highest BCUT2D eigenvalue weighted by Crippen LogP contribution is 2.41. The molecule has 3 amide bonds. The maximum Gasteiger partial charge on any atom is 0.427 e. The standard InChI is InChI=1S/2C20H21F3N6O3.C17H21N5O2.C4H5F3O3.CH3FS/c2*1-12-7-8-13(16-26-18(32-27-16)19(2,31)20(21,22)23)11-28(12)17(30)14-5-3-4-6-15(14)29-24-9-10-25-29;1-12-6-7-13(15(18)11-23)10-21(12)17(24)14-4-2-3-5-16(14)22-19-8-9-20-22;1-3(10,2(8)9)4(5,6)7;1-3-2/h2*3-6,9-10,12-13,31H,7-8,11H2,1-2H3;2-5,8-9,12-13,18,23H,6-7,10-11H2,1H3;10H,1H3,(H,8,9);1H3/t12-,13-,19?;12-,13-,19-;12-,13-;;/m111../s1. The third kappa shape index (κ3) is 18.3. The molecule has 3 saturated heterocycles. The molecule has 3 aliphatic heterocycles. The molecule has 101 heavy (non-hydrogen) atoms. The number of aromatic nitrogens is 13. The molecule has 546 valence electrons. The molecule has 0 radical (unpaired) electrons. The van der Waals surface area contributed by atoms with E-state index < -0.39 is 64.9 Å². The van der Waals surface area contributed by atoms with E-state index in [4.69, 9.17) is 24.7 Å². The number of aliphatic carboxylic acids is 1. The fourth-order valence-electron chi connectivity index (χ4n) is 10.5. The van der Waals surface area contributed by atoms with Crippen LogP contribution in [0.25, 0.3) is 17.1 Å². The highest BCUT2D eigenvalue weighted by molar-refractivity contribution is 7.93. The van der Waals surface area contributed by atoms with E-state index in [1.165, 1.54) is 45.4 Å². The second-order valence-electron chi connectivity index (χ2n) is 24.0. The maximum absolute atomic E-state index is 13.4. The van der Waals surface area contributed by atoms with E-state index >= 15 is 0 Å². The monoisotopic (exact) mass is 1450 g/mol. The molecule has 39 heteroatoms. The van der Waals surface area contributed by atoms with Crippen LogP contribution < -0.4 is 0 Å². The fourth-order valence-corrected chi connectivity index (χ4v) is 10.5. The van der Waals surface area contributed by atoms with Gasteiger partial charge in [-0.3, -0.25) is 14.4 Å². The van der Waals surface area contributed by atoms with Crippen molar-refractivity contribution < 1.29 is 97.2 Å². The Morgan fingerprint density at radius 3 is 1.09 bits per heavy atom. The summed E-state index contributed by atoms with van der Waals surface area (Å²) in [5, 5.41) is 84.6. The van der Waals surface area contributed by atoms with Crippen LogP contribution >= 0.6 is 12.1 Å². The number of benzene rings is 3. The number of para-hydroxylation sites is 3. The smallest absolute Gasteiger partial charge is 0.427 e. The minimum absolute atomic E-state index is 0.0243. The Hall–Kier alpha value is -9.60. The molecule has 0 bridgehead atoms. The number of nitrogens with one attached hydrogen (secondary N) is 1. The van der Waals surface area contributed by atoms with Crippen LogP contribution in [0.2, 0.25) is 0 Å². The van der Waals surface area contributed by atoms with Crippen LogP contribution in [0.15, 0.2) is 119 Å². The Labute approximate surface area is 573 Å². The summed E-state index contributed by atoms with van der Waals surface area (Å²) in [6.07, 6.45) is -0.575. The van der Waals surface area contributed by atoms with Gasteiger partial charge in [-0.05, 0) is 116 Å². The maximum atomic E-state index is 13.4. The molecule has 5 aromatic heterocycles. The Kier molecular flexibility index (Phi) is 25.6. The molecule has 2 unspecified atom stereocenters. The zero-order chi connectivity index (χ0) is 74.6. The van der Waals surface area contributed by atoms with Crippen LogP contribution in [0.1, 0.15) is 146 Å². The minimum Gasteiger partial charge on any atom is -0.479 e. The van der Waals surface area contributed by atoms with Gasteiger partial charge in [-0.2, -0.15) is 98.3 Å². The van der Waals surface area contributed by atoms with Crippen LogP contribution in [0.5, 0.6) is 0 Å². The lowest BCUT2D eigenvalue weighted by atomic mass is 9.89. The van der Waals surface area contributed by atoms with Crippen LogP contribution in [-0.2, 0) is 16.0 Å². The first-order chi connectivity index (χ1) is 47.4. The average molecular weight is 1450 g/mol. The Morgan fingerprint density at radius 1 is 0.515 bits per heavy atom. The Balaban J connectivity index is 0.000000197. The number of alkyl halides is 9. The predicted octanol–water partition coefficient (Wildman–Crippen LogP) is 8.80. The molecule has 3 fully saturated rings. The summed E-state index contributed by atoms with van der Waals surface area (Å²) >= 11 is 0.250. The number of halogens is 10. The van der Waals surface area contributed by atoms with Crippen molar-refractivity contribution in [3.8, 4) is 17.1 Å². The molecule has 0 aliphatic carbocycles. The van der Waals surface area contributed by atoms with Gasteiger partial charge in [0, 0.05) is 79.6 Å². The number of nitrogens with zero attached hydrogens (tertiary/aromatic N) is 16. The Bertz CT molecular complexity index is 3870. The van der Waals surface area contributed by atoms with E-state index in [2.05, 4.69) is 50.9 Å². The molecule has 9 atom stereocenters. The van der Waals surface area contributed by atoms with Crippen molar-refractivity contribution in [1.82, 2.24) is 80.0 Å². The quantitative estimate of drug-likeness (QED) is 0.0463. The number of rotatable bonds is 13. The lowest BCUT2D eigenvalue weighted by molar-refractivity contribution is -0.267. The van der Waals surface area contributed by atoms with Gasteiger partial charge in [0.2, 0.25) is 11.2 Å². The number of aliphatic hydroxyl groups excluding tert-OH is 1. The SMILES string of the molecule is CC(O)(C(=O)O)C(F)(F)F.CSF.C[C@@H]1CC[C@@H](C(=N)CO)CN1C(=O)c1ccccc1-n1nccn1.C[C@@H]1CC[C@@H](c2noc(C(C)(O)C(F)(F)F)n2)CN1C(=O)c1ccccc1-n1nccn1.C[C@@H]1CC[C@@H](c2noc([C@@](C)(O)C(F)(F)F)n2)CN1C(=O)c1ccccc1-n1nccn1. The fraction of sp³-hybridized carbons (Fsp3) is 0.468. The van der Waals surface area contributed by atoms with Gasteiger partial charge in [-0.25, -0.2) is 4.79 Å². The molecule has 6 N–H and O–H groups in total. The summed E-state index contributed by atoms with van der Waals surface area (Å²) in [7, 11) is 0. The zero-order valence-electron chi connectivity index (χ0n) is 55.0. The third-order valence-electron chi connectivity index (χ3n) is 16.9.